The van der Waals surface area contributed by atoms with Crippen LogP contribution in [0, 0.1) is 5.92 Å². The van der Waals surface area contributed by atoms with Crippen molar-refractivity contribution in [1.82, 2.24) is 10.3 Å². The molecular weight excluding hydrogens is 354 g/mol. The number of carbonyl (C=O) groups excluding carboxylic acids is 1. The molecule has 2 aromatic rings. The van der Waals surface area contributed by atoms with Crippen molar-refractivity contribution in [1.29, 1.82) is 0 Å². The Balaban J connectivity index is 0.00000225. The van der Waals surface area contributed by atoms with Gasteiger partial charge in [0.05, 0.1) is 5.03 Å². The molecule has 1 aromatic heterocycles. The summed E-state index contributed by atoms with van der Waals surface area (Å²) < 4.78 is 0. The first-order valence-corrected chi connectivity index (χ1v) is 9.36. The predicted octanol–water partition coefficient (Wildman–Crippen LogP) is 4.12. The third-order valence-corrected chi connectivity index (χ3v) is 5.23. The second kappa shape index (κ2) is 9.80. The van der Waals surface area contributed by atoms with E-state index < -0.39 is 0 Å². The Hall–Kier alpha value is -1.56. The van der Waals surface area contributed by atoms with Crippen LogP contribution in [0.5, 0.6) is 0 Å². The lowest BCUT2D eigenvalue weighted by atomic mass is 9.92. The Morgan fingerprint density at radius 2 is 2.20 bits per heavy atom. The van der Waals surface area contributed by atoms with Gasteiger partial charge in [-0.25, -0.2) is 4.98 Å². The Morgan fingerprint density at radius 3 is 2.96 bits per heavy atom. The van der Waals surface area contributed by atoms with Crippen LogP contribution >= 0.6 is 24.2 Å². The average molecular weight is 378 g/mol. The number of hydrogen-bond acceptors (Lipinski definition) is 4. The minimum Gasteiger partial charge on any atom is -0.326 e. The van der Waals surface area contributed by atoms with Crippen molar-refractivity contribution in [3.05, 3.63) is 54.2 Å². The zero-order valence-electron chi connectivity index (χ0n) is 14.3. The first-order valence-electron chi connectivity index (χ1n) is 8.38. The van der Waals surface area contributed by atoms with E-state index in [2.05, 4.69) is 34.7 Å². The molecule has 6 heteroatoms. The van der Waals surface area contributed by atoms with Gasteiger partial charge in [-0.1, -0.05) is 18.2 Å². The molecule has 4 nitrogen and oxygen atoms in total. The number of nitrogens with zero attached hydrogens (tertiary/aromatic N) is 1. The third kappa shape index (κ3) is 6.03. The summed E-state index contributed by atoms with van der Waals surface area (Å²) in [6.07, 6.45) is 3.62. The van der Waals surface area contributed by atoms with Gasteiger partial charge in [-0.15, -0.1) is 24.2 Å². The van der Waals surface area contributed by atoms with E-state index in [0.29, 0.717) is 6.04 Å². The van der Waals surface area contributed by atoms with Gasteiger partial charge in [0.25, 0.3) is 0 Å². The van der Waals surface area contributed by atoms with E-state index in [0.717, 1.165) is 35.9 Å². The number of halogens is 1. The molecule has 0 aliphatic carbocycles. The molecule has 1 aliphatic rings. The fourth-order valence-electron chi connectivity index (χ4n) is 2.94. The maximum atomic E-state index is 12.4. The summed E-state index contributed by atoms with van der Waals surface area (Å²) in [7, 11) is 0. The number of aromatic nitrogens is 1. The van der Waals surface area contributed by atoms with E-state index in [4.69, 9.17) is 0 Å². The van der Waals surface area contributed by atoms with Crippen molar-refractivity contribution in [2.45, 2.75) is 36.6 Å². The van der Waals surface area contributed by atoms with Gasteiger partial charge in [0.15, 0.2) is 0 Å². The van der Waals surface area contributed by atoms with E-state index in [9.17, 15) is 4.79 Å². The number of piperidine rings is 1. The van der Waals surface area contributed by atoms with E-state index >= 15 is 0 Å². The van der Waals surface area contributed by atoms with Crippen molar-refractivity contribution in [2.24, 2.45) is 5.92 Å². The fraction of sp³-hybridized carbons (Fsp3) is 0.368. The Kier molecular flexibility index (Phi) is 7.75. The molecule has 0 radical (unpaired) electrons. The van der Waals surface area contributed by atoms with Gasteiger partial charge in [0.1, 0.15) is 0 Å². The number of carbonyl (C=O) groups is 1. The summed E-state index contributed by atoms with van der Waals surface area (Å²) in [5, 5.41) is 7.47. The number of pyridine rings is 1. The quantitative estimate of drug-likeness (QED) is 0.769. The lowest BCUT2D eigenvalue weighted by Gasteiger charge is -2.27. The number of hydrogen-bond donors (Lipinski definition) is 2. The van der Waals surface area contributed by atoms with Gasteiger partial charge in [-0.05, 0) is 56.1 Å². The van der Waals surface area contributed by atoms with Crippen LogP contribution in [-0.4, -0.2) is 23.5 Å². The van der Waals surface area contributed by atoms with E-state index in [1.54, 1.807) is 18.0 Å². The fourth-order valence-corrected chi connectivity index (χ4v) is 3.75. The summed E-state index contributed by atoms with van der Waals surface area (Å²) in [6.45, 7) is 3.05. The normalized spacial score (nSPS) is 19.7. The van der Waals surface area contributed by atoms with Gasteiger partial charge in [-0.3, -0.25) is 4.79 Å². The lowest BCUT2D eigenvalue weighted by molar-refractivity contribution is -0.120. The number of benzene rings is 1. The smallest absolute Gasteiger partial charge is 0.227 e. The molecule has 1 amide bonds. The number of nitrogens with one attached hydrogen (secondary N) is 2. The second-order valence-electron chi connectivity index (χ2n) is 6.22. The molecule has 1 aliphatic heterocycles. The third-order valence-electron chi connectivity index (χ3n) is 4.21. The summed E-state index contributed by atoms with van der Waals surface area (Å²) in [4.78, 5) is 16.8. The van der Waals surface area contributed by atoms with Crippen molar-refractivity contribution in [3.8, 4) is 0 Å². The molecule has 2 N–H and O–H groups in total. The molecule has 134 valence electrons. The van der Waals surface area contributed by atoms with Crippen LogP contribution in [0.2, 0.25) is 0 Å². The largest absolute Gasteiger partial charge is 0.326 e. The first kappa shape index (κ1) is 19.8. The van der Waals surface area contributed by atoms with Crippen molar-refractivity contribution in [3.63, 3.8) is 0 Å². The highest BCUT2D eigenvalue weighted by atomic mass is 35.5. The van der Waals surface area contributed by atoms with Gasteiger partial charge >= 0.3 is 0 Å². The molecule has 1 fully saturated rings. The van der Waals surface area contributed by atoms with Gasteiger partial charge in [-0.2, -0.15) is 0 Å². The molecule has 2 atom stereocenters. The maximum Gasteiger partial charge on any atom is 0.227 e. The van der Waals surface area contributed by atoms with Crippen molar-refractivity contribution >= 4 is 35.8 Å². The van der Waals surface area contributed by atoms with E-state index in [1.165, 1.54) is 5.56 Å². The van der Waals surface area contributed by atoms with Crippen molar-refractivity contribution < 1.29 is 4.79 Å². The molecule has 1 saturated heterocycles. The second-order valence-corrected chi connectivity index (χ2v) is 7.22. The first-order chi connectivity index (χ1) is 11.7. The summed E-state index contributed by atoms with van der Waals surface area (Å²) in [6, 6.07) is 14.4. The van der Waals surface area contributed by atoms with Crippen LogP contribution in [-0.2, 0) is 10.5 Å². The zero-order valence-corrected chi connectivity index (χ0v) is 15.9. The SMILES string of the molecule is C[C@H]1C[C@@H](C(=O)Nc2cccc(CSc3ccccn3)c2)CCN1.Cl. The topological polar surface area (TPSA) is 54.0 Å². The summed E-state index contributed by atoms with van der Waals surface area (Å²) >= 11 is 1.70. The molecule has 3 rings (SSSR count). The van der Waals surface area contributed by atoms with Gasteiger partial charge < -0.3 is 10.6 Å². The van der Waals surface area contributed by atoms with Gasteiger partial charge in [0, 0.05) is 29.6 Å². The van der Waals surface area contributed by atoms with Gasteiger partial charge in [0.2, 0.25) is 5.91 Å². The number of anilines is 1. The summed E-state index contributed by atoms with van der Waals surface area (Å²) in [5.41, 5.74) is 2.06. The molecular formula is C19H24ClN3OS. The number of amides is 1. The van der Waals surface area contributed by atoms with Crippen LogP contribution in [0.3, 0.4) is 0 Å². The Morgan fingerprint density at radius 1 is 1.32 bits per heavy atom. The molecule has 1 aromatic carbocycles. The molecule has 0 bridgehead atoms. The monoisotopic (exact) mass is 377 g/mol. The average Bonchev–Trinajstić information content (AvgIpc) is 2.61. The lowest BCUT2D eigenvalue weighted by Crippen LogP contribution is -2.40. The molecule has 0 spiro atoms. The molecule has 25 heavy (non-hydrogen) atoms. The van der Waals surface area contributed by atoms with Crippen LogP contribution in [0.1, 0.15) is 25.3 Å². The molecule has 2 heterocycles. The highest BCUT2D eigenvalue weighted by molar-refractivity contribution is 7.98. The molecule has 0 unspecified atom stereocenters. The van der Waals surface area contributed by atoms with E-state index in [1.807, 2.05) is 30.3 Å². The molecule has 0 saturated carbocycles. The zero-order chi connectivity index (χ0) is 16.8. The van der Waals surface area contributed by atoms with Crippen LogP contribution in [0.4, 0.5) is 5.69 Å². The van der Waals surface area contributed by atoms with Crippen LogP contribution in [0.25, 0.3) is 0 Å². The van der Waals surface area contributed by atoms with Crippen LogP contribution < -0.4 is 10.6 Å². The standard InChI is InChI=1S/C19H23N3OS.ClH/c1-14-11-16(8-10-20-14)19(23)22-17-6-4-5-15(12-17)13-24-18-7-2-3-9-21-18;/h2-7,9,12,14,16,20H,8,10-11,13H2,1H3,(H,22,23);1H/t14-,16-;/m0./s1. The number of rotatable bonds is 5. The Labute approximate surface area is 159 Å². The van der Waals surface area contributed by atoms with E-state index in [-0.39, 0.29) is 24.2 Å². The minimum atomic E-state index is 0. The summed E-state index contributed by atoms with van der Waals surface area (Å²) in [5.74, 6) is 1.08. The maximum absolute atomic E-state index is 12.4. The highest BCUT2D eigenvalue weighted by Crippen LogP contribution is 2.23. The number of thioether (sulfide) groups is 1. The van der Waals surface area contributed by atoms with Crippen molar-refractivity contribution in [2.75, 3.05) is 11.9 Å². The van der Waals surface area contributed by atoms with Crippen LogP contribution in [0.15, 0.2) is 53.7 Å². The predicted molar refractivity (Wildman–Crippen MR) is 106 cm³/mol. The highest BCUT2D eigenvalue weighted by Gasteiger charge is 2.24. The minimum absolute atomic E-state index is 0. The Bertz CT molecular complexity index is 683.